The predicted molar refractivity (Wildman–Crippen MR) is 101 cm³/mol. The lowest BCUT2D eigenvalue weighted by Crippen LogP contribution is -2.14. The van der Waals surface area contributed by atoms with Crippen LogP contribution in [0.5, 0.6) is 11.5 Å². The first kappa shape index (κ1) is 18.7. The second kappa shape index (κ2) is 7.63. The molecule has 8 heteroatoms. The van der Waals surface area contributed by atoms with Crippen molar-refractivity contribution in [2.45, 2.75) is 12.8 Å². The Morgan fingerprint density at radius 3 is 2.41 bits per heavy atom. The number of nitrogens with one attached hydrogen (secondary N) is 1. The van der Waals surface area contributed by atoms with Gasteiger partial charge in [0.25, 0.3) is 5.91 Å². The minimum absolute atomic E-state index is 0.0539. The average Bonchev–Trinajstić information content (AvgIpc) is 3.03. The number of benzene rings is 2. The van der Waals surface area contributed by atoms with E-state index in [4.69, 9.17) is 9.47 Å². The summed E-state index contributed by atoms with van der Waals surface area (Å²) in [5, 5.41) is 3.86. The van der Waals surface area contributed by atoms with E-state index in [1.807, 2.05) is 0 Å². The fraction of sp³-hybridized carbons (Fsp3) is 0.211. The van der Waals surface area contributed by atoms with E-state index in [2.05, 4.69) is 5.32 Å². The molecule has 1 aliphatic carbocycles. The quantitative estimate of drug-likeness (QED) is 0.789. The Labute approximate surface area is 157 Å². The van der Waals surface area contributed by atoms with Gasteiger partial charge in [0.15, 0.2) is 17.3 Å². The van der Waals surface area contributed by atoms with Crippen molar-refractivity contribution in [1.29, 1.82) is 0 Å². The number of ketones is 1. The zero-order valence-corrected chi connectivity index (χ0v) is 15.6. The van der Waals surface area contributed by atoms with Gasteiger partial charge < -0.3 is 14.8 Å². The van der Waals surface area contributed by atoms with E-state index >= 15 is 0 Å². The Balaban J connectivity index is 1.95. The highest BCUT2D eigenvalue weighted by molar-refractivity contribution is 7.71. The SMILES string of the molecule is COc1cc(NC(=O)c2ccc(C=S(=O)=O)cc2)c2c(c1OC)C(=O)CC2. The van der Waals surface area contributed by atoms with Gasteiger partial charge in [-0.3, -0.25) is 9.59 Å². The largest absolute Gasteiger partial charge is 0.493 e. The number of rotatable bonds is 5. The lowest BCUT2D eigenvalue weighted by Gasteiger charge is -2.16. The molecule has 7 nitrogen and oxygen atoms in total. The fourth-order valence-electron chi connectivity index (χ4n) is 3.08. The van der Waals surface area contributed by atoms with Crippen molar-refractivity contribution >= 4 is 33.0 Å². The van der Waals surface area contributed by atoms with Crippen molar-refractivity contribution in [1.82, 2.24) is 0 Å². The van der Waals surface area contributed by atoms with Crippen molar-refractivity contribution in [2.75, 3.05) is 19.5 Å². The predicted octanol–water partition coefficient (Wildman–Crippen LogP) is 2.11. The Bertz CT molecular complexity index is 1050. The van der Waals surface area contributed by atoms with Gasteiger partial charge in [-0.1, -0.05) is 12.1 Å². The monoisotopic (exact) mass is 387 g/mol. The molecule has 2 aromatic rings. The molecule has 1 N–H and O–H groups in total. The van der Waals surface area contributed by atoms with Crippen LogP contribution in [-0.4, -0.2) is 39.7 Å². The van der Waals surface area contributed by atoms with E-state index in [1.54, 1.807) is 6.07 Å². The van der Waals surface area contributed by atoms with Gasteiger partial charge in [0.05, 0.1) is 25.2 Å². The van der Waals surface area contributed by atoms with Crippen LogP contribution in [-0.2, 0) is 16.7 Å². The highest BCUT2D eigenvalue weighted by Crippen LogP contribution is 2.42. The second-order valence-electron chi connectivity index (χ2n) is 5.89. The summed E-state index contributed by atoms with van der Waals surface area (Å²) in [6.07, 6.45) is 0.853. The second-order valence-corrected chi connectivity index (χ2v) is 6.65. The number of anilines is 1. The molecule has 0 fully saturated rings. The van der Waals surface area contributed by atoms with Crippen LogP contribution in [0.1, 0.15) is 38.3 Å². The van der Waals surface area contributed by atoms with E-state index in [9.17, 15) is 18.0 Å². The van der Waals surface area contributed by atoms with E-state index in [0.29, 0.717) is 46.7 Å². The van der Waals surface area contributed by atoms with Crippen LogP contribution in [0.2, 0.25) is 0 Å². The van der Waals surface area contributed by atoms with Crippen LogP contribution < -0.4 is 14.8 Å². The first-order valence-electron chi connectivity index (χ1n) is 8.10. The summed E-state index contributed by atoms with van der Waals surface area (Å²) in [7, 11) is 0.621. The first-order chi connectivity index (χ1) is 12.9. The molecule has 0 aliphatic heterocycles. The molecule has 1 amide bonds. The Morgan fingerprint density at radius 2 is 1.81 bits per heavy atom. The van der Waals surface area contributed by atoms with E-state index in [0.717, 1.165) is 10.9 Å². The van der Waals surface area contributed by atoms with Crippen molar-refractivity contribution < 1.29 is 27.5 Å². The van der Waals surface area contributed by atoms with Gasteiger partial charge >= 0.3 is 0 Å². The first-order valence-corrected chi connectivity index (χ1v) is 9.23. The third kappa shape index (κ3) is 3.70. The summed E-state index contributed by atoms with van der Waals surface area (Å²) < 4.78 is 32.0. The number of carbonyl (C=O) groups excluding carboxylic acids is 2. The molecule has 1 aliphatic rings. The molecule has 140 valence electrons. The molecule has 0 radical (unpaired) electrons. The fourth-order valence-corrected chi connectivity index (χ4v) is 3.46. The molecular weight excluding hydrogens is 370 g/mol. The maximum atomic E-state index is 12.6. The smallest absolute Gasteiger partial charge is 0.255 e. The number of hydrogen-bond donors (Lipinski definition) is 1. The maximum absolute atomic E-state index is 12.6. The highest BCUT2D eigenvalue weighted by Gasteiger charge is 2.30. The topological polar surface area (TPSA) is 98.8 Å². The number of fused-ring (bicyclic) bond motifs is 1. The molecular formula is C19H17NO6S. The number of hydrogen-bond acceptors (Lipinski definition) is 6. The van der Waals surface area contributed by atoms with E-state index in [-0.39, 0.29) is 11.7 Å². The van der Waals surface area contributed by atoms with Gasteiger partial charge in [0.1, 0.15) is 0 Å². The molecule has 0 saturated heterocycles. The molecule has 0 saturated carbocycles. The third-order valence-corrected chi connectivity index (χ3v) is 4.78. The van der Waals surface area contributed by atoms with Gasteiger partial charge in [-0.15, -0.1) is 0 Å². The molecule has 0 unspecified atom stereocenters. The van der Waals surface area contributed by atoms with Crippen LogP contribution in [0, 0.1) is 0 Å². The number of ether oxygens (including phenoxy) is 2. The van der Waals surface area contributed by atoms with Crippen molar-refractivity contribution in [2.24, 2.45) is 0 Å². The summed E-state index contributed by atoms with van der Waals surface area (Å²) in [6.45, 7) is 0. The minimum atomic E-state index is -2.31. The van der Waals surface area contributed by atoms with Gasteiger partial charge in [0.2, 0.25) is 10.3 Å². The van der Waals surface area contributed by atoms with Crippen LogP contribution in [0.3, 0.4) is 0 Å². The molecule has 0 spiro atoms. The average molecular weight is 387 g/mol. The van der Waals surface area contributed by atoms with Gasteiger partial charge in [-0.2, -0.15) is 8.42 Å². The standard InChI is InChI=1S/C19H17NO6S/c1-25-16-9-14(13-7-8-15(21)17(13)18(16)26-2)20-19(22)12-5-3-11(4-6-12)10-27(23)24/h3-6,9-10H,7-8H2,1-2H3,(H,20,22). The molecule has 2 aromatic carbocycles. The summed E-state index contributed by atoms with van der Waals surface area (Å²) in [4.78, 5) is 24.8. The lowest BCUT2D eigenvalue weighted by atomic mass is 10.0. The van der Waals surface area contributed by atoms with Crippen LogP contribution in [0.4, 0.5) is 5.69 Å². The molecule has 27 heavy (non-hydrogen) atoms. The Kier molecular flexibility index (Phi) is 5.27. The number of methoxy groups -OCH3 is 2. The van der Waals surface area contributed by atoms with Crippen LogP contribution in [0.25, 0.3) is 0 Å². The van der Waals surface area contributed by atoms with Crippen molar-refractivity contribution in [3.63, 3.8) is 0 Å². The molecule has 0 heterocycles. The zero-order valence-electron chi connectivity index (χ0n) is 14.7. The Morgan fingerprint density at radius 1 is 1.11 bits per heavy atom. The van der Waals surface area contributed by atoms with E-state index in [1.165, 1.54) is 38.5 Å². The van der Waals surface area contributed by atoms with Gasteiger partial charge in [-0.05, 0) is 29.7 Å². The van der Waals surface area contributed by atoms with Crippen LogP contribution >= 0.6 is 0 Å². The minimum Gasteiger partial charge on any atom is -0.493 e. The maximum Gasteiger partial charge on any atom is 0.255 e. The van der Waals surface area contributed by atoms with Gasteiger partial charge in [-0.25, -0.2) is 0 Å². The zero-order chi connectivity index (χ0) is 19.6. The Hall–Kier alpha value is -3.13. The number of amides is 1. The molecule has 3 rings (SSSR count). The summed E-state index contributed by atoms with van der Waals surface area (Å²) in [5.41, 5.74) is 2.48. The van der Waals surface area contributed by atoms with Crippen molar-refractivity contribution in [3.05, 3.63) is 52.6 Å². The summed E-state index contributed by atoms with van der Waals surface area (Å²) >= 11 is 0. The highest BCUT2D eigenvalue weighted by atomic mass is 32.2. The van der Waals surface area contributed by atoms with Gasteiger partial charge in [0, 0.05) is 23.7 Å². The lowest BCUT2D eigenvalue weighted by molar-refractivity contribution is 0.0989. The number of Topliss-reactive ketones (excluding diaryl/α,β-unsaturated/α-hetero) is 1. The molecule has 0 atom stereocenters. The normalized spacial score (nSPS) is 12.3. The van der Waals surface area contributed by atoms with Crippen molar-refractivity contribution in [3.8, 4) is 11.5 Å². The summed E-state index contributed by atoms with van der Waals surface area (Å²) in [6, 6.07) is 7.76. The van der Waals surface area contributed by atoms with E-state index < -0.39 is 10.3 Å². The third-order valence-electron chi connectivity index (χ3n) is 4.31. The number of carbonyl (C=O) groups is 2. The molecule has 0 aromatic heterocycles. The summed E-state index contributed by atoms with van der Waals surface area (Å²) in [5.74, 6) is 0.309. The van der Waals surface area contributed by atoms with Crippen LogP contribution in [0.15, 0.2) is 30.3 Å². The molecule has 0 bridgehead atoms.